The van der Waals surface area contributed by atoms with E-state index in [0.29, 0.717) is 0 Å². The molecule has 7 aliphatic heterocycles. The first-order valence-electron chi connectivity index (χ1n) is 32.1. The van der Waals surface area contributed by atoms with Gasteiger partial charge in [0.05, 0.1) is 41.3 Å². The molecule has 0 saturated carbocycles. The molecule has 0 aromatic heterocycles. The van der Waals surface area contributed by atoms with Crippen molar-refractivity contribution in [2.24, 2.45) is 17.4 Å². The smallest absolute Gasteiger partial charge is 0.330 e. The zero-order valence-electron chi connectivity index (χ0n) is 56.2. The number of carboxylic acids is 1. The number of benzene rings is 5. The number of aliphatic hydroxyl groups excluding tert-OH is 6. The minimum Gasteiger partial charge on any atom is -0.508 e. The number of nitrogens with one attached hydrogen (secondary N) is 7. The molecule has 2 fully saturated rings. The van der Waals surface area contributed by atoms with Gasteiger partial charge in [0.25, 0.3) is 0 Å². The number of hydrogen-bond donors (Lipinski definition) is 20. The van der Waals surface area contributed by atoms with E-state index >= 15 is 14.4 Å². The van der Waals surface area contributed by atoms with Crippen LogP contribution in [0.25, 0.3) is 11.1 Å². The molecule has 7 unspecified atom stereocenters. The maximum Gasteiger partial charge on any atom is 0.330 e. The quantitative estimate of drug-likeness (QED) is 0.0774. The summed E-state index contributed by atoms with van der Waals surface area (Å²) in [5.41, 5.74) is 8.45. The number of aromatic hydroxyl groups is 3. The first-order valence-corrected chi connectivity index (χ1v) is 32.9. The number of carbonyl (C=O) groups is 8. The molecule has 12 bridgehead atoms. The fourth-order valence-electron chi connectivity index (χ4n) is 12.7. The van der Waals surface area contributed by atoms with Gasteiger partial charge in [-0.25, -0.2) is 4.79 Å². The number of ether oxygens (including phenoxy) is 6. The van der Waals surface area contributed by atoms with Crippen LogP contribution >= 0.6 is 23.2 Å². The van der Waals surface area contributed by atoms with E-state index < -0.39 is 232 Å². The normalized spacial score (nSPS) is 28.5. The molecule has 24 N–H and O–H groups in total. The van der Waals surface area contributed by atoms with Crippen LogP contribution in [0, 0.1) is 5.92 Å². The van der Waals surface area contributed by atoms with Crippen LogP contribution in [0.1, 0.15) is 106 Å². The van der Waals surface area contributed by atoms with E-state index in [1.165, 1.54) is 45.2 Å². The third-order valence-corrected chi connectivity index (χ3v) is 18.6. The number of likely N-dealkylation sites (N-methyl/N-ethyl adjacent to an activating group) is 1. The number of phenols is 3. The molecule has 7 aliphatic rings. The van der Waals surface area contributed by atoms with Gasteiger partial charge in [-0.15, -0.1) is 0 Å². The SMILES string of the molecule is C.CN[C@H](CC(C)C)C(=O)NC1C(=O)N[C@@H](CC(N)=O)C(=O)N[C@@H]2Cc3cc(c(O[C@H]4OC(CO)[C@@H](O)[C@H](O)C4OC4CC(C)(N)C(O)C(C)O4)c(c3)Oc3ccc(cc3Cl)[C@@H](O)[C@@H]3NC(=O)[C@H](NC2=O)c2ccc(O)c(c2)-c2c(O)cc(O)cc2[C@H](C(=O)O)NC3=O)Oc2ccc(cc2Cl)[C@H]1O.N.[V]. The zero-order chi connectivity index (χ0) is 74.2. The summed E-state index contributed by atoms with van der Waals surface area (Å²) in [5, 5.41) is 131. The minimum absolute atomic E-state index is 0. The molecule has 12 rings (SSSR count). The summed E-state index contributed by atoms with van der Waals surface area (Å²) in [6, 6.07) is 0.241. The molecular weight excluding hydrogens is 1460 g/mol. The van der Waals surface area contributed by atoms with Gasteiger partial charge in [0.1, 0.15) is 89.5 Å². The summed E-state index contributed by atoms with van der Waals surface area (Å²) < 4.78 is 38.4. The maximum absolute atomic E-state index is 15.8. The van der Waals surface area contributed by atoms with Gasteiger partial charge in [-0.2, -0.15) is 0 Å². The number of rotatable bonds is 13. The van der Waals surface area contributed by atoms with Crippen molar-refractivity contribution >= 4 is 70.5 Å². The average molecular weight is 1550 g/mol. The number of hydrogen-bond acceptors (Lipinski definition) is 26. The van der Waals surface area contributed by atoms with E-state index in [1.54, 1.807) is 0 Å². The first kappa shape index (κ1) is 83.6. The Morgan fingerprint density at radius 1 is 0.743 bits per heavy atom. The Morgan fingerprint density at radius 2 is 1.36 bits per heavy atom. The Balaban J connectivity index is 0.00000513. The number of nitrogens with two attached hydrogens (primary N) is 2. The molecule has 37 heteroatoms. The number of carboxylic acid groups (broad SMARTS) is 1. The largest absolute Gasteiger partial charge is 0.508 e. The van der Waals surface area contributed by atoms with E-state index in [0.717, 1.165) is 54.6 Å². The number of amides is 7. The van der Waals surface area contributed by atoms with Crippen molar-refractivity contribution in [2.45, 2.75) is 170 Å². The third kappa shape index (κ3) is 18.3. The predicted molar refractivity (Wildman–Crippen MR) is 366 cm³/mol. The molecule has 7 amide bonds. The molecule has 0 spiro atoms. The number of aliphatic hydroxyl groups is 6. The molecule has 105 heavy (non-hydrogen) atoms. The van der Waals surface area contributed by atoms with Gasteiger partial charge in [0.15, 0.2) is 29.9 Å². The van der Waals surface area contributed by atoms with Gasteiger partial charge in [-0.3, -0.25) is 33.6 Å². The molecular formula is C68H84Cl2N10O24V. The van der Waals surface area contributed by atoms with Crippen LogP contribution in [0.3, 0.4) is 0 Å². The zero-order valence-corrected chi connectivity index (χ0v) is 59.1. The molecule has 0 aliphatic carbocycles. The molecule has 569 valence electrons. The fourth-order valence-corrected chi connectivity index (χ4v) is 13.1. The summed E-state index contributed by atoms with van der Waals surface area (Å²) in [4.78, 5) is 116. The number of primary amides is 1. The number of fused-ring (bicyclic) bond motifs is 15. The number of phenolic OH excluding ortho intramolecular Hbond substituents is 3. The summed E-state index contributed by atoms with van der Waals surface area (Å²) in [6.07, 6.45) is -19.1. The molecule has 5 aromatic rings. The molecule has 2 saturated heterocycles. The Morgan fingerprint density at radius 3 is 1.93 bits per heavy atom. The van der Waals surface area contributed by atoms with Crippen LogP contribution < -0.4 is 69.0 Å². The summed E-state index contributed by atoms with van der Waals surface area (Å²) in [7, 11) is 1.47. The van der Waals surface area contributed by atoms with Crippen LogP contribution in [0.2, 0.25) is 10.0 Å². The second kappa shape index (κ2) is 34.3. The van der Waals surface area contributed by atoms with Crippen molar-refractivity contribution in [1.29, 1.82) is 0 Å². The second-order valence-corrected chi connectivity index (χ2v) is 26.9. The van der Waals surface area contributed by atoms with Gasteiger partial charge in [0, 0.05) is 59.7 Å². The third-order valence-electron chi connectivity index (χ3n) is 18.0. The second-order valence-electron chi connectivity index (χ2n) is 26.1. The van der Waals surface area contributed by atoms with Crippen LogP contribution in [-0.2, 0) is 77.5 Å². The van der Waals surface area contributed by atoms with Gasteiger partial charge in [-0.1, -0.05) is 62.7 Å². The molecule has 34 nitrogen and oxygen atoms in total. The van der Waals surface area contributed by atoms with E-state index in [1.807, 2.05) is 13.8 Å². The van der Waals surface area contributed by atoms with Crippen LogP contribution in [0.15, 0.2) is 78.9 Å². The number of carbonyl (C=O) groups excluding carboxylic acids is 7. The summed E-state index contributed by atoms with van der Waals surface area (Å²) in [5.74, 6) is -15.3. The fraction of sp³-hybridized carbons (Fsp3) is 0.441. The molecule has 18 atom stereocenters. The number of aliphatic carboxylic acids is 1. The summed E-state index contributed by atoms with van der Waals surface area (Å²) >= 11 is 14.1. The summed E-state index contributed by atoms with van der Waals surface area (Å²) in [6.45, 7) is 5.71. The molecule has 1 radical (unpaired) electrons. The van der Waals surface area contributed by atoms with Crippen molar-refractivity contribution < 1.29 is 136 Å². The van der Waals surface area contributed by atoms with Crippen molar-refractivity contribution in [3.05, 3.63) is 117 Å². The van der Waals surface area contributed by atoms with Crippen LogP contribution in [0.5, 0.6) is 46.0 Å². The number of halogens is 2. The van der Waals surface area contributed by atoms with Gasteiger partial charge >= 0.3 is 5.97 Å². The Hall–Kier alpha value is -8.66. The Labute approximate surface area is 622 Å². The Bertz CT molecular complexity index is 4110. The first-order chi connectivity index (χ1) is 48.1. The molecule has 5 aromatic carbocycles. The van der Waals surface area contributed by atoms with Crippen LogP contribution in [0.4, 0.5) is 0 Å². The van der Waals surface area contributed by atoms with Crippen molar-refractivity contribution in [3.63, 3.8) is 0 Å². The average Bonchev–Trinajstić information content (AvgIpc) is 1.02. The van der Waals surface area contributed by atoms with E-state index in [-0.39, 0.29) is 89.7 Å². The van der Waals surface area contributed by atoms with Crippen molar-refractivity contribution in [3.8, 4) is 57.1 Å². The van der Waals surface area contributed by atoms with E-state index in [4.69, 9.17) is 63.1 Å². The standard InChI is InChI=1S/C67H77Cl2N9O24.CH4.H3N.V/c1-24(2)12-35(72-5)59(89)77-50-52(84)28-7-10-40(33(68)17-28)98-42-14-26-13-36(73-60(90)37(21-45(70)83)74-63(50)93)61(91)75-48-27-6-9-38(81)31(16-27)47-32(19-30(80)20-39(47)82)49(65(95)96)76-64(94)51(78-62(48)92)53(85)29-8-11-41(34(69)18-29)99-43(15-26)56(42)102-66-57(55(87)54(86)44(23-79)100-66)101-46-22-67(4,71)58(88)25(3)97-46;;;/h6-11,14-20,24-25,35-37,44,46,48-55,57-58,66,72,79-82,84-88H,12-13,21-23,71H2,1-5H3,(H2,70,83)(H,73,90)(H,74,93)(H,75,91)(H,76,94)(H,77,89)(H,78,92)(H,95,96);1H4;1H3;/t25?,35-,36-,37+,44?,46?,48-,49-,50?,51+,52-,53-,54-,55+,57?,58?,66-,67?;;;/m1.../s1. The molecule has 7 heterocycles. The van der Waals surface area contributed by atoms with Gasteiger partial charge in [-0.05, 0) is 110 Å². The topological polar surface area (TPSA) is 565 Å². The van der Waals surface area contributed by atoms with Crippen molar-refractivity contribution in [1.82, 2.24) is 43.4 Å². The van der Waals surface area contributed by atoms with Gasteiger partial charge < -0.3 is 134 Å². The predicted octanol–water partition coefficient (Wildman–Crippen LogP) is 0.772. The van der Waals surface area contributed by atoms with Crippen LogP contribution in [-0.4, -0.2) is 197 Å². The maximum atomic E-state index is 15.8. The monoisotopic (exact) mass is 1550 g/mol. The van der Waals surface area contributed by atoms with Gasteiger partial charge in [0.2, 0.25) is 53.4 Å². The van der Waals surface area contributed by atoms with E-state index in [2.05, 4.69) is 37.2 Å². The Kier molecular flexibility index (Phi) is 27.3. The van der Waals surface area contributed by atoms with E-state index in [9.17, 15) is 75.0 Å². The van der Waals surface area contributed by atoms with Crippen molar-refractivity contribution in [2.75, 3.05) is 13.7 Å². The minimum atomic E-state index is -2.29.